The molecule has 2 nitrogen and oxygen atoms in total. The molecule has 0 spiro atoms. The maximum Gasteiger partial charge on any atom is 0.179 e. The summed E-state index contributed by atoms with van der Waals surface area (Å²) in [6, 6.07) is 0.0701. The monoisotopic (exact) mass is 210 g/mol. The van der Waals surface area contributed by atoms with Crippen molar-refractivity contribution in [2.24, 2.45) is 4.99 Å². The number of nitrogens with zero attached hydrogens (tertiary/aromatic N) is 1. The lowest BCUT2D eigenvalue weighted by Crippen LogP contribution is -2.19. The van der Waals surface area contributed by atoms with Crippen LogP contribution >= 0.6 is 11.3 Å². The van der Waals surface area contributed by atoms with Crippen LogP contribution in [0.2, 0.25) is 0 Å². The van der Waals surface area contributed by atoms with Crippen molar-refractivity contribution in [2.75, 3.05) is 0 Å². The van der Waals surface area contributed by atoms with Gasteiger partial charge in [0, 0.05) is 11.1 Å². The van der Waals surface area contributed by atoms with E-state index < -0.39 is 0 Å². The number of hydrogen-bond donors (Lipinski definition) is 1. The summed E-state index contributed by atoms with van der Waals surface area (Å²) in [6.07, 6.45) is 5.29. The van der Waals surface area contributed by atoms with Gasteiger partial charge in [0.2, 0.25) is 0 Å². The third-order valence-corrected chi connectivity index (χ3v) is 3.67. The molecule has 0 aromatic carbocycles. The van der Waals surface area contributed by atoms with Crippen molar-refractivity contribution in [2.45, 2.75) is 19.9 Å². The van der Waals surface area contributed by atoms with E-state index in [1.807, 2.05) is 19.9 Å². The predicted molar refractivity (Wildman–Crippen MR) is 57.3 cm³/mol. The Hall–Kier alpha value is -1.16. The molecule has 1 unspecified atom stereocenters. The highest BCUT2D eigenvalue weighted by molar-refractivity contribution is 7.10. The van der Waals surface area contributed by atoms with Gasteiger partial charge in [0.15, 0.2) is 5.13 Å². The Labute approximate surface area is 86.2 Å². The molecule has 0 fully saturated rings. The van der Waals surface area contributed by atoms with Crippen molar-refractivity contribution in [1.29, 1.82) is 0 Å². The van der Waals surface area contributed by atoms with Gasteiger partial charge in [0.05, 0.1) is 12.4 Å². The second kappa shape index (κ2) is 3.53. The second-order valence-electron chi connectivity index (χ2n) is 3.25. The average Bonchev–Trinajstić information content (AvgIpc) is 2.47. The van der Waals surface area contributed by atoms with Gasteiger partial charge in [-0.2, -0.15) is 4.39 Å². The molecular formula is C10H11FN2S. The zero-order chi connectivity index (χ0) is 10.1. The van der Waals surface area contributed by atoms with E-state index in [-0.39, 0.29) is 11.2 Å². The van der Waals surface area contributed by atoms with Crippen LogP contribution in [0.5, 0.6) is 0 Å². The molecule has 1 aromatic rings. The molecule has 1 atom stereocenters. The highest BCUT2D eigenvalue weighted by atomic mass is 32.1. The lowest BCUT2D eigenvalue weighted by molar-refractivity contribution is 0.647. The van der Waals surface area contributed by atoms with E-state index in [0.717, 1.165) is 16.0 Å². The van der Waals surface area contributed by atoms with Gasteiger partial charge in [-0.05, 0) is 31.1 Å². The lowest BCUT2D eigenvalue weighted by Gasteiger charge is -2.14. The van der Waals surface area contributed by atoms with E-state index >= 15 is 0 Å². The normalized spacial score (nSPS) is 19.8. The number of aliphatic imine (C=N–C) groups is 1. The third-order valence-electron chi connectivity index (χ3n) is 2.40. The highest BCUT2D eigenvalue weighted by Gasteiger charge is 2.17. The van der Waals surface area contributed by atoms with Gasteiger partial charge in [-0.15, -0.1) is 11.3 Å². The average molecular weight is 210 g/mol. The van der Waals surface area contributed by atoms with Gasteiger partial charge in [0.1, 0.15) is 0 Å². The molecule has 4 heteroatoms. The summed E-state index contributed by atoms with van der Waals surface area (Å²) in [6.45, 7) is 3.76. The van der Waals surface area contributed by atoms with Crippen LogP contribution < -0.4 is 5.32 Å². The molecule has 0 radical (unpaired) electrons. The first kappa shape index (κ1) is 9.40. The molecule has 0 bridgehead atoms. The van der Waals surface area contributed by atoms with Crippen molar-refractivity contribution in [1.82, 2.24) is 5.32 Å². The first-order valence-electron chi connectivity index (χ1n) is 4.40. The Kier molecular flexibility index (Phi) is 2.37. The van der Waals surface area contributed by atoms with Gasteiger partial charge < -0.3 is 5.32 Å². The van der Waals surface area contributed by atoms with Crippen LogP contribution in [-0.4, -0.2) is 6.34 Å². The van der Waals surface area contributed by atoms with Crippen LogP contribution in [0, 0.1) is 19.0 Å². The number of hydrogen-bond acceptors (Lipinski definition) is 3. The van der Waals surface area contributed by atoms with Gasteiger partial charge in [-0.1, -0.05) is 0 Å². The molecule has 1 aliphatic heterocycles. The lowest BCUT2D eigenvalue weighted by atomic mass is 10.1. The van der Waals surface area contributed by atoms with Crippen molar-refractivity contribution in [3.8, 4) is 0 Å². The van der Waals surface area contributed by atoms with Crippen molar-refractivity contribution in [3.05, 3.63) is 33.4 Å². The van der Waals surface area contributed by atoms with Crippen LogP contribution in [0.15, 0.2) is 17.3 Å². The van der Waals surface area contributed by atoms with Gasteiger partial charge in [0.25, 0.3) is 0 Å². The van der Waals surface area contributed by atoms with Crippen LogP contribution in [0.3, 0.4) is 0 Å². The summed E-state index contributed by atoms with van der Waals surface area (Å²) in [7, 11) is 0. The standard InChI is InChI=1S/C10H11FN2S/c1-6-7(2)10(11)14-9(6)8-3-4-12-5-13-8/h3-5,8H,1-2H3,(H,12,13). The Balaban J connectivity index is 2.37. The molecule has 2 rings (SSSR count). The number of halogens is 1. The van der Waals surface area contributed by atoms with Gasteiger partial charge >= 0.3 is 0 Å². The van der Waals surface area contributed by atoms with E-state index in [0.29, 0.717) is 0 Å². The molecule has 1 aliphatic rings. The van der Waals surface area contributed by atoms with E-state index in [9.17, 15) is 4.39 Å². The van der Waals surface area contributed by atoms with Crippen molar-refractivity contribution < 1.29 is 4.39 Å². The Morgan fingerprint density at radius 1 is 1.43 bits per heavy atom. The number of nitrogens with one attached hydrogen (secondary N) is 1. The van der Waals surface area contributed by atoms with Crippen LogP contribution in [0.1, 0.15) is 22.0 Å². The molecule has 0 amide bonds. The first-order chi connectivity index (χ1) is 6.70. The number of rotatable bonds is 1. The van der Waals surface area contributed by atoms with E-state index in [1.165, 1.54) is 11.3 Å². The summed E-state index contributed by atoms with van der Waals surface area (Å²) in [5.74, 6) is 0. The van der Waals surface area contributed by atoms with E-state index in [4.69, 9.17) is 0 Å². The fourth-order valence-electron chi connectivity index (χ4n) is 1.40. The molecule has 0 aliphatic carbocycles. The topological polar surface area (TPSA) is 24.4 Å². The minimum Gasteiger partial charge on any atom is -0.365 e. The van der Waals surface area contributed by atoms with E-state index in [2.05, 4.69) is 10.3 Å². The minimum absolute atomic E-state index is 0.0701. The minimum atomic E-state index is -0.0878. The van der Waals surface area contributed by atoms with Crippen LogP contribution in [-0.2, 0) is 0 Å². The second-order valence-corrected chi connectivity index (χ2v) is 4.26. The Morgan fingerprint density at radius 2 is 2.21 bits per heavy atom. The largest absolute Gasteiger partial charge is 0.365 e. The van der Waals surface area contributed by atoms with Crippen molar-refractivity contribution in [3.63, 3.8) is 0 Å². The molecule has 2 heterocycles. The SMILES string of the molecule is Cc1c(F)sc(C2C=CN=CN2)c1C. The van der Waals surface area contributed by atoms with E-state index in [1.54, 1.807) is 12.5 Å². The summed E-state index contributed by atoms with van der Waals surface area (Å²) >= 11 is 1.21. The van der Waals surface area contributed by atoms with Crippen LogP contribution in [0.4, 0.5) is 4.39 Å². The fourth-order valence-corrected chi connectivity index (χ4v) is 2.48. The summed E-state index contributed by atoms with van der Waals surface area (Å²) in [5.41, 5.74) is 1.78. The van der Waals surface area contributed by atoms with Crippen molar-refractivity contribution >= 4 is 17.7 Å². The molecule has 0 saturated heterocycles. The molecule has 14 heavy (non-hydrogen) atoms. The first-order valence-corrected chi connectivity index (χ1v) is 5.21. The number of thiophene rings is 1. The molecule has 74 valence electrons. The zero-order valence-corrected chi connectivity index (χ0v) is 8.86. The maximum absolute atomic E-state index is 13.3. The smallest absolute Gasteiger partial charge is 0.179 e. The molecular weight excluding hydrogens is 199 g/mol. The fraction of sp³-hybridized carbons (Fsp3) is 0.300. The molecule has 1 aromatic heterocycles. The Morgan fingerprint density at radius 3 is 2.71 bits per heavy atom. The molecule has 1 N–H and O–H groups in total. The predicted octanol–water partition coefficient (Wildman–Crippen LogP) is 2.69. The summed E-state index contributed by atoms with van der Waals surface area (Å²) in [4.78, 5) is 4.94. The molecule has 0 saturated carbocycles. The highest BCUT2D eigenvalue weighted by Crippen LogP contribution is 2.31. The zero-order valence-electron chi connectivity index (χ0n) is 8.04. The Bertz CT molecular complexity index is 406. The van der Waals surface area contributed by atoms with Gasteiger partial charge in [-0.25, -0.2) is 4.99 Å². The van der Waals surface area contributed by atoms with Crippen LogP contribution in [0.25, 0.3) is 0 Å². The summed E-state index contributed by atoms with van der Waals surface area (Å²) in [5, 5.41) is 2.99. The maximum atomic E-state index is 13.3. The summed E-state index contributed by atoms with van der Waals surface area (Å²) < 4.78 is 13.3. The van der Waals surface area contributed by atoms with Gasteiger partial charge in [-0.3, -0.25) is 0 Å². The quantitative estimate of drug-likeness (QED) is 0.757. The third kappa shape index (κ3) is 1.46.